The highest BCUT2D eigenvalue weighted by Crippen LogP contribution is 2.41. The van der Waals surface area contributed by atoms with E-state index in [1.807, 2.05) is 18.2 Å². The zero-order chi connectivity index (χ0) is 16.1. The van der Waals surface area contributed by atoms with E-state index in [9.17, 15) is 5.21 Å². The molecule has 0 radical (unpaired) electrons. The number of rotatable bonds is 2. The maximum absolute atomic E-state index is 12.6. The van der Waals surface area contributed by atoms with Crippen LogP contribution in [0.4, 0.5) is 0 Å². The molecule has 2 heterocycles. The van der Waals surface area contributed by atoms with Crippen molar-refractivity contribution >= 4 is 22.5 Å². The Morgan fingerprint density at radius 3 is 2.61 bits per heavy atom. The first kappa shape index (κ1) is 14.2. The molecule has 0 atom stereocenters. The van der Waals surface area contributed by atoms with Gasteiger partial charge in [-0.15, -0.1) is 4.68 Å². The number of aromatic nitrogens is 2. The van der Waals surface area contributed by atoms with Crippen LogP contribution in [0.15, 0.2) is 30.3 Å². The zero-order valence-corrected chi connectivity index (χ0v) is 13.6. The lowest BCUT2D eigenvalue weighted by Gasteiger charge is -2.19. The fourth-order valence-corrected chi connectivity index (χ4v) is 3.46. The molecule has 1 aliphatic heterocycles. The first-order valence-electron chi connectivity index (χ1n) is 7.31. The second-order valence-electron chi connectivity index (χ2n) is 5.52. The van der Waals surface area contributed by atoms with E-state index >= 15 is 0 Å². The van der Waals surface area contributed by atoms with E-state index in [-0.39, 0.29) is 0 Å². The summed E-state index contributed by atoms with van der Waals surface area (Å²) in [5.41, 5.74) is 3.61. The minimum Gasteiger partial charge on any atom is -0.595 e. The number of hydrogen-bond acceptors (Lipinski definition) is 3. The Balaban J connectivity index is 2.07. The van der Waals surface area contributed by atoms with Gasteiger partial charge in [0.15, 0.2) is 11.5 Å². The van der Waals surface area contributed by atoms with Crippen LogP contribution in [0, 0.1) is 5.21 Å². The molecule has 0 amide bonds. The molecule has 5 nitrogen and oxygen atoms in total. The first-order valence-corrected chi connectivity index (χ1v) is 7.68. The van der Waals surface area contributed by atoms with Crippen molar-refractivity contribution in [3.63, 3.8) is 0 Å². The van der Waals surface area contributed by atoms with Crippen molar-refractivity contribution in [3.8, 4) is 22.8 Å². The standard InChI is InChI=1S/C17H15ClN2O3/c1-22-15-7-10-5-6-19-17(12(10)9-16(15)23-2)13-8-11(18)3-4-14(13)20(19)21/h3-4,7-9H,5-6H2,1-2H3. The van der Waals surface area contributed by atoms with Crippen LogP contribution in [0.3, 0.4) is 0 Å². The largest absolute Gasteiger partial charge is 0.595 e. The van der Waals surface area contributed by atoms with E-state index in [0.717, 1.165) is 33.5 Å². The summed E-state index contributed by atoms with van der Waals surface area (Å²) in [6.07, 6.45) is 0.764. The SMILES string of the molecule is COc1cc2c(cc1OC)-c1c3cc(Cl)ccc3[n+]([O-])n1CC2. The molecular formula is C17H15ClN2O3. The summed E-state index contributed by atoms with van der Waals surface area (Å²) in [6.45, 7) is 0.619. The second-order valence-corrected chi connectivity index (χ2v) is 5.96. The van der Waals surface area contributed by atoms with Crippen molar-refractivity contribution in [1.82, 2.24) is 4.68 Å². The van der Waals surface area contributed by atoms with E-state index in [4.69, 9.17) is 21.1 Å². The number of hydrogen-bond donors (Lipinski definition) is 0. The van der Waals surface area contributed by atoms with Gasteiger partial charge >= 0.3 is 0 Å². The molecule has 0 fully saturated rings. The fraction of sp³-hybridized carbons (Fsp3) is 0.235. The molecule has 0 unspecified atom stereocenters. The molecule has 0 saturated carbocycles. The minimum atomic E-state index is 0.610. The predicted molar refractivity (Wildman–Crippen MR) is 88.2 cm³/mol. The Labute approximate surface area is 138 Å². The summed E-state index contributed by atoms with van der Waals surface area (Å²) < 4.78 is 12.5. The maximum Gasteiger partial charge on any atom is 0.252 e. The number of fused-ring (bicyclic) bond motifs is 5. The monoisotopic (exact) mass is 330 g/mol. The van der Waals surface area contributed by atoms with E-state index in [2.05, 4.69) is 0 Å². The van der Waals surface area contributed by atoms with Gasteiger partial charge in [-0.2, -0.15) is 0 Å². The Morgan fingerprint density at radius 2 is 1.87 bits per heavy atom. The van der Waals surface area contributed by atoms with Gasteiger partial charge in [0, 0.05) is 16.7 Å². The van der Waals surface area contributed by atoms with Crippen LogP contribution >= 0.6 is 11.6 Å². The molecule has 3 aromatic rings. The Bertz CT molecular complexity index is 933. The number of ether oxygens (including phenoxy) is 2. The summed E-state index contributed by atoms with van der Waals surface area (Å²) in [7, 11) is 3.23. The van der Waals surface area contributed by atoms with Crippen molar-refractivity contribution in [3.05, 3.63) is 46.1 Å². The molecule has 0 aliphatic carbocycles. The smallest absolute Gasteiger partial charge is 0.252 e. The number of nitrogens with zero attached hydrogens (tertiary/aromatic N) is 2. The average molecular weight is 331 g/mol. The second kappa shape index (κ2) is 5.06. The molecule has 0 spiro atoms. The molecule has 0 saturated heterocycles. The quantitative estimate of drug-likeness (QED) is 0.535. The highest BCUT2D eigenvalue weighted by atomic mass is 35.5. The maximum atomic E-state index is 12.6. The molecule has 6 heteroatoms. The van der Waals surface area contributed by atoms with Gasteiger partial charge in [-0.25, -0.2) is 0 Å². The van der Waals surface area contributed by atoms with Crippen molar-refractivity contribution < 1.29 is 14.3 Å². The van der Waals surface area contributed by atoms with Gasteiger partial charge in [0.05, 0.1) is 26.2 Å². The summed E-state index contributed by atoms with van der Waals surface area (Å²) in [4.78, 5) is 0.945. The lowest BCUT2D eigenvalue weighted by atomic mass is 9.96. The third-order valence-corrected chi connectivity index (χ3v) is 4.59. The normalized spacial score (nSPS) is 12.8. The van der Waals surface area contributed by atoms with Crippen molar-refractivity contribution in [2.45, 2.75) is 13.0 Å². The van der Waals surface area contributed by atoms with Gasteiger partial charge in [-0.05, 0) is 36.2 Å². The molecule has 1 aromatic heterocycles. The number of benzene rings is 2. The molecule has 1 aliphatic rings. The van der Waals surface area contributed by atoms with Crippen LogP contribution < -0.4 is 14.3 Å². The predicted octanol–water partition coefficient (Wildman–Crippen LogP) is 3.17. The summed E-state index contributed by atoms with van der Waals surface area (Å²) >= 11 is 6.14. The van der Waals surface area contributed by atoms with Crippen LogP contribution in [-0.4, -0.2) is 18.9 Å². The van der Waals surface area contributed by atoms with Crippen molar-refractivity contribution in [2.24, 2.45) is 0 Å². The number of methoxy groups -OCH3 is 2. The summed E-state index contributed by atoms with van der Waals surface area (Å²) in [5, 5.41) is 14.0. The van der Waals surface area contributed by atoms with Crippen molar-refractivity contribution in [1.29, 1.82) is 0 Å². The van der Waals surface area contributed by atoms with Crippen LogP contribution in [0.1, 0.15) is 5.56 Å². The van der Waals surface area contributed by atoms with Gasteiger partial charge in [-0.1, -0.05) is 16.4 Å². The van der Waals surface area contributed by atoms with E-state index in [0.29, 0.717) is 28.6 Å². The fourth-order valence-electron chi connectivity index (χ4n) is 3.29. The van der Waals surface area contributed by atoms with Gasteiger partial charge in [0.2, 0.25) is 0 Å². The first-order chi connectivity index (χ1) is 11.1. The molecule has 0 N–H and O–H groups in total. The Hall–Kier alpha value is -2.40. The molecule has 0 bridgehead atoms. The lowest BCUT2D eigenvalue weighted by molar-refractivity contribution is -0.669. The van der Waals surface area contributed by atoms with Crippen LogP contribution in [0.2, 0.25) is 5.02 Å². The molecular weight excluding hydrogens is 316 g/mol. The summed E-state index contributed by atoms with van der Waals surface area (Å²) in [6, 6.07) is 9.24. The van der Waals surface area contributed by atoms with Gasteiger partial charge < -0.3 is 14.7 Å². The Morgan fingerprint density at radius 1 is 1.13 bits per heavy atom. The molecule has 4 rings (SSSR count). The minimum absolute atomic E-state index is 0.610. The van der Waals surface area contributed by atoms with E-state index in [1.165, 1.54) is 0 Å². The van der Waals surface area contributed by atoms with E-state index in [1.54, 1.807) is 31.0 Å². The molecule has 2 aromatic carbocycles. The van der Waals surface area contributed by atoms with Crippen LogP contribution in [0.25, 0.3) is 22.2 Å². The third-order valence-electron chi connectivity index (χ3n) is 4.35. The summed E-state index contributed by atoms with van der Waals surface area (Å²) in [5.74, 6) is 1.34. The van der Waals surface area contributed by atoms with Gasteiger partial charge in [-0.3, -0.25) is 0 Å². The van der Waals surface area contributed by atoms with Gasteiger partial charge in [0.1, 0.15) is 5.69 Å². The Kier molecular flexibility index (Phi) is 3.13. The number of aryl methyl sites for hydroxylation is 1. The number of halogens is 1. The van der Waals surface area contributed by atoms with Crippen molar-refractivity contribution in [2.75, 3.05) is 14.2 Å². The molecule has 118 valence electrons. The highest BCUT2D eigenvalue weighted by Gasteiger charge is 2.28. The lowest BCUT2D eigenvalue weighted by Crippen LogP contribution is -2.39. The highest BCUT2D eigenvalue weighted by molar-refractivity contribution is 6.31. The topological polar surface area (TPSA) is 50.3 Å². The van der Waals surface area contributed by atoms with Crippen LogP contribution in [-0.2, 0) is 13.0 Å². The molecule has 23 heavy (non-hydrogen) atoms. The third kappa shape index (κ3) is 1.96. The zero-order valence-electron chi connectivity index (χ0n) is 12.8. The average Bonchev–Trinajstić information content (AvgIpc) is 2.85. The van der Waals surface area contributed by atoms with E-state index < -0.39 is 0 Å². The van der Waals surface area contributed by atoms with Gasteiger partial charge in [0.25, 0.3) is 5.52 Å². The van der Waals surface area contributed by atoms with Crippen LogP contribution in [0.5, 0.6) is 11.5 Å².